The fraction of sp³-hybridized carbons (Fsp3) is 0.200. The van der Waals surface area contributed by atoms with E-state index in [4.69, 9.17) is 20.6 Å². The van der Waals surface area contributed by atoms with Crippen molar-refractivity contribution in [2.75, 3.05) is 13.2 Å². The van der Waals surface area contributed by atoms with Gasteiger partial charge in [-0.3, -0.25) is 4.57 Å². The van der Waals surface area contributed by atoms with Gasteiger partial charge in [0.1, 0.15) is 11.3 Å². The minimum atomic E-state index is -3.72. The molecule has 0 fully saturated rings. The number of hydrogen-bond acceptors (Lipinski definition) is 3. The molecule has 166 valence electrons. The molecular formula is C25H24ClFNO3P. The minimum Gasteiger partial charge on any atom is -0.306 e. The van der Waals surface area contributed by atoms with Crippen LogP contribution in [-0.2, 0) is 20.0 Å². The first kappa shape index (κ1) is 22.8. The van der Waals surface area contributed by atoms with Crippen LogP contribution in [0.1, 0.15) is 25.1 Å². The highest BCUT2D eigenvalue weighted by atomic mass is 35.5. The largest absolute Gasteiger partial charge is 0.378 e. The summed E-state index contributed by atoms with van der Waals surface area (Å²) in [5.41, 5.74) is 2.97. The first-order valence-corrected chi connectivity index (χ1v) is 12.4. The van der Waals surface area contributed by atoms with Crippen LogP contribution in [-0.4, -0.2) is 17.8 Å². The molecule has 0 unspecified atom stereocenters. The smallest absolute Gasteiger partial charge is 0.306 e. The summed E-state index contributed by atoms with van der Waals surface area (Å²) >= 11 is 6.13. The second-order valence-electron chi connectivity index (χ2n) is 7.27. The number of hydrogen-bond donors (Lipinski definition) is 0. The van der Waals surface area contributed by atoms with E-state index < -0.39 is 7.60 Å². The van der Waals surface area contributed by atoms with E-state index in [-0.39, 0.29) is 19.0 Å². The van der Waals surface area contributed by atoms with Crippen molar-refractivity contribution in [2.45, 2.75) is 20.3 Å². The highest BCUT2D eigenvalue weighted by Gasteiger charge is 2.36. The van der Waals surface area contributed by atoms with Gasteiger partial charge in [0.05, 0.1) is 13.2 Å². The highest BCUT2D eigenvalue weighted by Crippen LogP contribution is 2.50. The Bertz CT molecular complexity index is 1260. The molecule has 0 N–H and O–H groups in total. The van der Waals surface area contributed by atoms with Crippen LogP contribution in [0.25, 0.3) is 16.5 Å². The fourth-order valence-electron chi connectivity index (χ4n) is 3.92. The van der Waals surface area contributed by atoms with Gasteiger partial charge in [-0.1, -0.05) is 41.9 Å². The summed E-state index contributed by atoms with van der Waals surface area (Å²) in [5, 5.41) is 1.89. The van der Waals surface area contributed by atoms with Crippen LogP contribution in [0.2, 0.25) is 5.02 Å². The molecule has 0 radical (unpaired) electrons. The van der Waals surface area contributed by atoms with Crippen molar-refractivity contribution in [2.24, 2.45) is 0 Å². The number of halogens is 2. The van der Waals surface area contributed by atoms with E-state index in [9.17, 15) is 8.96 Å². The van der Waals surface area contributed by atoms with Crippen LogP contribution in [0, 0.1) is 5.82 Å². The Balaban J connectivity index is 2.10. The molecule has 1 aromatic heterocycles. The zero-order chi connectivity index (χ0) is 22.7. The third kappa shape index (κ3) is 4.39. The van der Waals surface area contributed by atoms with E-state index >= 15 is 0 Å². The SMILES string of the molecule is CCOP(=O)(OCC)c1c2ccc(F)cc2c(Cc2ccccc2)n1-c1ccc(Cl)cc1. The van der Waals surface area contributed by atoms with Crippen molar-refractivity contribution in [1.29, 1.82) is 0 Å². The zero-order valence-electron chi connectivity index (χ0n) is 17.9. The summed E-state index contributed by atoms with van der Waals surface area (Å²) in [6, 6.07) is 21.6. The van der Waals surface area contributed by atoms with Crippen molar-refractivity contribution >= 4 is 35.4 Å². The predicted molar refractivity (Wildman–Crippen MR) is 128 cm³/mol. The Morgan fingerprint density at radius 2 is 1.56 bits per heavy atom. The lowest BCUT2D eigenvalue weighted by Gasteiger charge is -2.21. The molecule has 4 rings (SSSR count). The topological polar surface area (TPSA) is 40.5 Å². The number of rotatable bonds is 8. The Morgan fingerprint density at radius 3 is 2.19 bits per heavy atom. The van der Waals surface area contributed by atoms with Gasteiger partial charge in [-0.25, -0.2) is 4.39 Å². The summed E-state index contributed by atoms with van der Waals surface area (Å²) in [5.74, 6) is -0.366. The van der Waals surface area contributed by atoms with Gasteiger partial charge in [0, 0.05) is 33.6 Å². The van der Waals surface area contributed by atoms with E-state index in [2.05, 4.69) is 0 Å². The van der Waals surface area contributed by atoms with Crippen LogP contribution in [0.3, 0.4) is 0 Å². The van der Waals surface area contributed by atoms with Crippen LogP contribution in [0.5, 0.6) is 0 Å². The molecule has 4 aromatic rings. The Morgan fingerprint density at radius 1 is 0.906 bits per heavy atom. The monoisotopic (exact) mass is 471 g/mol. The van der Waals surface area contributed by atoms with Gasteiger partial charge in [-0.15, -0.1) is 0 Å². The van der Waals surface area contributed by atoms with Crippen molar-refractivity contribution in [3.05, 3.63) is 94.9 Å². The summed E-state index contributed by atoms with van der Waals surface area (Å²) < 4.78 is 41.8. The molecule has 0 atom stereocenters. The highest BCUT2D eigenvalue weighted by molar-refractivity contribution is 7.62. The minimum absolute atomic E-state index is 0.208. The lowest BCUT2D eigenvalue weighted by molar-refractivity contribution is 0.229. The van der Waals surface area contributed by atoms with Gasteiger partial charge in [0.25, 0.3) is 0 Å². The maximum atomic E-state index is 14.4. The third-order valence-electron chi connectivity index (χ3n) is 5.17. The molecule has 0 saturated heterocycles. The molecule has 0 aliphatic carbocycles. The van der Waals surface area contributed by atoms with Gasteiger partial charge in [-0.05, 0) is 61.9 Å². The van der Waals surface area contributed by atoms with E-state index in [0.29, 0.717) is 27.7 Å². The van der Waals surface area contributed by atoms with E-state index in [1.54, 1.807) is 32.0 Å². The average molecular weight is 472 g/mol. The Labute approximate surface area is 192 Å². The first-order chi connectivity index (χ1) is 15.5. The lowest BCUT2D eigenvalue weighted by atomic mass is 10.1. The van der Waals surface area contributed by atoms with Crippen LogP contribution in [0.15, 0.2) is 72.8 Å². The quantitative estimate of drug-likeness (QED) is 0.262. The summed E-state index contributed by atoms with van der Waals surface area (Å²) in [6.45, 7) is 3.96. The van der Waals surface area contributed by atoms with E-state index in [1.807, 2.05) is 47.0 Å². The average Bonchev–Trinajstić information content (AvgIpc) is 3.09. The number of nitrogens with zero attached hydrogens (tertiary/aromatic N) is 1. The van der Waals surface area contributed by atoms with Gasteiger partial charge >= 0.3 is 7.60 Å². The fourth-order valence-corrected chi connectivity index (χ4v) is 6.02. The van der Waals surface area contributed by atoms with Gasteiger partial charge in [-0.2, -0.15) is 0 Å². The summed E-state index contributed by atoms with van der Waals surface area (Å²) in [4.78, 5) is 0. The summed E-state index contributed by atoms with van der Waals surface area (Å²) in [7, 11) is -3.72. The number of fused-ring (bicyclic) bond motifs is 1. The van der Waals surface area contributed by atoms with Crippen LogP contribution in [0.4, 0.5) is 4.39 Å². The third-order valence-corrected chi connectivity index (χ3v) is 7.58. The molecule has 1 heterocycles. The molecule has 0 spiro atoms. The molecule has 4 nitrogen and oxygen atoms in total. The van der Waals surface area contributed by atoms with Crippen molar-refractivity contribution < 1.29 is 18.0 Å². The molecule has 3 aromatic carbocycles. The maximum absolute atomic E-state index is 14.4. The number of aromatic nitrogens is 1. The van der Waals surface area contributed by atoms with Gasteiger partial charge in [0.15, 0.2) is 0 Å². The number of benzene rings is 3. The standard InChI is InChI=1S/C25H24ClFNO3P/c1-3-30-32(29,31-4-2)25-22-15-12-20(27)17-23(22)24(16-18-8-6-5-7-9-18)28(25)21-13-10-19(26)11-14-21/h5-15,17H,3-4,16H2,1-2H3. The second-order valence-corrected chi connectivity index (χ2v) is 9.64. The first-order valence-electron chi connectivity index (χ1n) is 10.5. The molecule has 32 heavy (non-hydrogen) atoms. The maximum Gasteiger partial charge on any atom is 0.378 e. The van der Waals surface area contributed by atoms with Gasteiger partial charge < -0.3 is 13.6 Å². The molecule has 0 aliphatic heterocycles. The predicted octanol–water partition coefficient (Wildman–Crippen LogP) is 6.91. The second kappa shape index (κ2) is 9.60. The lowest BCUT2D eigenvalue weighted by Crippen LogP contribution is -2.21. The molecule has 0 amide bonds. The van der Waals surface area contributed by atoms with Crippen molar-refractivity contribution in [3.63, 3.8) is 0 Å². The van der Waals surface area contributed by atoms with E-state index in [0.717, 1.165) is 16.9 Å². The summed E-state index contributed by atoms with van der Waals surface area (Å²) in [6.07, 6.45) is 0.502. The normalized spacial score (nSPS) is 11.9. The van der Waals surface area contributed by atoms with Crippen molar-refractivity contribution in [1.82, 2.24) is 4.57 Å². The van der Waals surface area contributed by atoms with Crippen LogP contribution < -0.4 is 5.44 Å². The van der Waals surface area contributed by atoms with E-state index in [1.165, 1.54) is 12.1 Å². The Hall–Kier alpha value is -2.43. The Kier molecular flexibility index (Phi) is 6.82. The molecule has 7 heteroatoms. The van der Waals surface area contributed by atoms with Crippen LogP contribution >= 0.6 is 19.2 Å². The molecule has 0 saturated carbocycles. The van der Waals surface area contributed by atoms with Crippen molar-refractivity contribution in [3.8, 4) is 5.69 Å². The van der Waals surface area contributed by atoms with Gasteiger partial charge in [0.2, 0.25) is 0 Å². The zero-order valence-corrected chi connectivity index (χ0v) is 19.6. The molecular weight excluding hydrogens is 448 g/mol. The molecule has 0 bridgehead atoms. The molecule has 0 aliphatic rings.